The van der Waals surface area contributed by atoms with Gasteiger partial charge in [0, 0.05) is 19.6 Å². The third kappa shape index (κ3) is 5.46. The summed E-state index contributed by atoms with van der Waals surface area (Å²) in [4.78, 5) is 14.7. The van der Waals surface area contributed by atoms with Crippen molar-refractivity contribution in [1.82, 2.24) is 9.80 Å². The molecule has 0 spiro atoms. The summed E-state index contributed by atoms with van der Waals surface area (Å²) in [6, 6.07) is 5.04. The molecule has 0 atom stereocenters. The number of phenolic OH excluding ortho intramolecular Hbond substituents is 1. The highest BCUT2D eigenvalue weighted by atomic mass is 16.5. The molecule has 0 aliphatic heterocycles. The fraction of sp³-hybridized carbons (Fsp3) is 0.500. The molecule has 1 rings (SSSR count). The Bertz CT molecular complexity index is 449. The van der Waals surface area contributed by atoms with E-state index in [9.17, 15) is 9.90 Å². The van der Waals surface area contributed by atoms with Crippen molar-refractivity contribution in [2.45, 2.75) is 6.54 Å². The van der Waals surface area contributed by atoms with Gasteiger partial charge in [0.1, 0.15) is 0 Å². The summed E-state index contributed by atoms with van der Waals surface area (Å²) in [6.07, 6.45) is 0. The van der Waals surface area contributed by atoms with E-state index in [4.69, 9.17) is 9.84 Å². The maximum Gasteiger partial charge on any atom is 0.317 e. The first kappa shape index (κ1) is 16.3. The molecule has 0 saturated heterocycles. The molecule has 0 amide bonds. The number of likely N-dealkylation sites (N-methyl/N-ethyl adjacent to an activating group) is 1. The van der Waals surface area contributed by atoms with E-state index in [2.05, 4.69) is 0 Å². The first-order valence-electron chi connectivity index (χ1n) is 6.37. The molecule has 1 aromatic carbocycles. The van der Waals surface area contributed by atoms with Crippen LogP contribution >= 0.6 is 0 Å². The summed E-state index contributed by atoms with van der Waals surface area (Å²) in [5, 5.41) is 18.5. The molecular weight excluding hydrogens is 260 g/mol. The van der Waals surface area contributed by atoms with Crippen LogP contribution in [0.3, 0.4) is 0 Å². The van der Waals surface area contributed by atoms with Crippen LogP contribution in [0.1, 0.15) is 5.56 Å². The van der Waals surface area contributed by atoms with E-state index >= 15 is 0 Å². The zero-order chi connectivity index (χ0) is 15.1. The molecule has 0 unspecified atom stereocenters. The van der Waals surface area contributed by atoms with Crippen LogP contribution in [0.15, 0.2) is 18.2 Å². The highest BCUT2D eigenvalue weighted by molar-refractivity contribution is 5.69. The number of benzene rings is 1. The van der Waals surface area contributed by atoms with Gasteiger partial charge in [0.15, 0.2) is 11.5 Å². The molecule has 2 N–H and O–H groups in total. The molecule has 0 fully saturated rings. The smallest absolute Gasteiger partial charge is 0.317 e. The molecule has 0 radical (unpaired) electrons. The first-order valence-corrected chi connectivity index (χ1v) is 6.37. The lowest BCUT2D eigenvalue weighted by molar-refractivity contribution is -0.138. The van der Waals surface area contributed by atoms with Gasteiger partial charge in [0.05, 0.1) is 13.7 Å². The third-order valence-corrected chi connectivity index (χ3v) is 2.87. The molecule has 0 aliphatic rings. The number of carboxylic acid groups (broad SMARTS) is 1. The second-order valence-electron chi connectivity index (χ2n) is 4.91. The van der Waals surface area contributed by atoms with E-state index in [1.165, 1.54) is 7.11 Å². The van der Waals surface area contributed by atoms with Gasteiger partial charge >= 0.3 is 5.97 Å². The van der Waals surface area contributed by atoms with Crippen molar-refractivity contribution in [3.05, 3.63) is 23.8 Å². The Morgan fingerprint density at radius 2 is 2.00 bits per heavy atom. The summed E-state index contributed by atoms with van der Waals surface area (Å²) < 4.78 is 5.05. The standard InChI is InChI=1S/C14H22N2O4/c1-15(2)6-7-16(10-14(18)19)9-11-4-5-12(17)13(8-11)20-3/h4-5,8,17H,6-7,9-10H2,1-3H3,(H,18,19). The lowest BCUT2D eigenvalue weighted by Crippen LogP contribution is -2.35. The van der Waals surface area contributed by atoms with Crippen LogP contribution in [0.25, 0.3) is 0 Å². The minimum Gasteiger partial charge on any atom is -0.504 e. The number of rotatable bonds is 8. The number of carbonyl (C=O) groups is 1. The number of carboxylic acids is 1. The van der Waals surface area contributed by atoms with E-state index in [0.29, 0.717) is 18.8 Å². The summed E-state index contributed by atoms with van der Waals surface area (Å²) in [5.74, 6) is -0.380. The van der Waals surface area contributed by atoms with Crippen LogP contribution in [0.4, 0.5) is 0 Å². The molecule has 0 heterocycles. The van der Waals surface area contributed by atoms with E-state index in [-0.39, 0.29) is 12.3 Å². The Hall–Kier alpha value is -1.79. The van der Waals surface area contributed by atoms with E-state index in [1.54, 1.807) is 18.2 Å². The van der Waals surface area contributed by atoms with E-state index in [0.717, 1.165) is 12.1 Å². The fourth-order valence-corrected chi connectivity index (χ4v) is 1.83. The van der Waals surface area contributed by atoms with Crippen LogP contribution in [0.2, 0.25) is 0 Å². The molecule has 0 bridgehead atoms. The van der Waals surface area contributed by atoms with Crippen LogP contribution in [0, 0.1) is 0 Å². The van der Waals surface area contributed by atoms with Crippen LogP contribution in [-0.2, 0) is 11.3 Å². The number of methoxy groups -OCH3 is 1. The molecule has 6 nitrogen and oxygen atoms in total. The quantitative estimate of drug-likeness (QED) is 0.736. The fourth-order valence-electron chi connectivity index (χ4n) is 1.83. The maximum atomic E-state index is 10.9. The van der Waals surface area contributed by atoms with Crippen molar-refractivity contribution < 1.29 is 19.7 Å². The predicted octanol–water partition coefficient (Wildman–Crippen LogP) is 0.849. The zero-order valence-electron chi connectivity index (χ0n) is 12.2. The largest absolute Gasteiger partial charge is 0.504 e. The monoisotopic (exact) mass is 282 g/mol. The minimum atomic E-state index is -0.852. The summed E-state index contributed by atoms with van der Waals surface area (Å²) in [5.41, 5.74) is 0.902. The van der Waals surface area contributed by atoms with Gasteiger partial charge in [-0.05, 0) is 31.8 Å². The van der Waals surface area contributed by atoms with Crippen molar-refractivity contribution in [2.24, 2.45) is 0 Å². The Balaban J connectivity index is 2.74. The predicted molar refractivity (Wildman–Crippen MR) is 76.1 cm³/mol. The SMILES string of the molecule is COc1cc(CN(CCN(C)C)CC(=O)O)ccc1O. The van der Waals surface area contributed by atoms with Crippen molar-refractivity contribution in [1.29, 1.82) is 0 Å². The molecule has 0 saturated carbocycles. The Morgan fingerprint density at radius 1 is 1.30 bits per heavy atom. The van der Waals surface area contributed by atoms with Crippen molar-refractivity contribution in [3.63, 3.8) is 0 Å². The minimum absolute atomic E-state index is 0.0168. The molecular formula is C14H22N2O4. The lowest BCUT2D eigenvalue weighted by atomic mass is 10.2. The number of nitrogens with zero attached hydrogens (tertiary/aromatic N) is 2. The maximum absolute atomic E-state index is 10.9. The highest BCUT2D eigenvalue weighted by Crippen LogP contribution is 2.26. The zero-order valence-corrected chi connectivity index (χ0v) is 12.2. The van der Waals surface area contributed by atoms with Crippen LogP contribution < -0.4 is 4.74 Å². The highest BCUT2D eigenvalue weighted by Gasteiger charge is 2.12. The van der Waals surface area contributed by atoms with Crippen molar-refractivity contribution >= 4 is 5.97 Å². The van der Waals surface area contributed by atoms with Crippen LogP contribution in [-0.4, -0.2) is 66.8 Å². The average Bonchev–Trinajstić information content (AvgIpc) is 2.37. The number of aromatic hydroxyl groups is 1. The average molecular weight is 282 g/mol. The number of aliphatic carboxylic acids is 1. The van der Waals surface area contributed by atoms with Gasteiger partial charge in [-0.25, -0.2) is 0 Å². The number of hydrogen-bond acceptors (Lipinski definition) is 5. The second-order valence-corrected chi connectivity index (χ2v) is 4.91. The Labute approximate surface area is 119 Å². The normalized spacial score (nSPS) is 11.1. The molecule has 6 heteroatoms. The van der Waals surface area contributed by atoms with Gasteiger partial charge in [-0.3, -0.25) is 9.69 Å². The summed E-state index contributed by atoms with van der Waals surface area (Å²) in [6.45, 7) is 1.92. The number of phenols is 1. The lowest BCUT2D eigenvalue weighted by Gasteiger charge is -2.22. The summed E-state index contributed by atoms with van der Waals surface area (Å²) in [7, 11) is 5.38. The Kier molecular flexibility index (Phi) is 6.27. The topological polar surface area (TPSA) is 73.2 Å². The van der Waals surface area contributed by atoms with Crippen LogP contribution in [0.5, 0.6) is 11.5 Å². The van der Waals surface area contributed by atoms with Gasteiger partial charge in [0.25, 0.3) is 0 Å². The van der Waals surface area contributed by atoms with Crippen molar-refractivity contribution in [2.75, 3.05) is 40.8 Å². The number of ether oxygens (including phenoxy) is 1. The first-order chi connectivity index (χ1) is 9.42. The molecule has 0 aliphatic carbocycles. The Morgan fingerprint density at radius 3 is 2.55 bits per heavy atom. The molecule has 1 aromatic rings. The van der Waals surface area contributed by atoms with Gasteiger partial charge in [-0.1, -0.05) is 6.07 Å². The third-order valence-electron chi connectivity index (χ3n) is 2.87. The number of hydrogen-bond donors (Lipinski definition) is 2. The van der Waals surface area contributed by atoms with Gasteiger partial charge in [-0.15, -0.1) is 0 Å². The van der Waals surface area contributed by atoms with Gasteiger partial charge in [0.2, 0.25) is 0 Å². The second kappa shape index (κ2) is 7.72. The van der Waals surface area contributed by atoms with E-state index in [1.807, 2.05) is 23.9 Å². The van der Waals surface area contributed by atoms with Gasteiger partial charge in [-0.2, -0.15) is 0 Å². The molecule has 20 heavy (non-hydrogen) atoms. The summed E-state index contributed by atoms with van der Waals surface area (Å²) >= 11 is 0. The molecule has 112 valence electrons. The van der Waals surface area contributed by atoms with Gasteiger partial charge < -0.3 is 19.8 Å². The van der Waals surface area contributed by atoms with E-state index < -0.39 is 5.97 Å². The van der Waals surface area contributed by atoms with Crippen molar-refractivity contribution in [3.8, 4) is 11.5 Å². The molecule has 0 aromatic heterocycles.